The van der Waals surface area contributed by atoms with E-state index in [1.807, 2.05) is 17.0 Å². The van der Waals surface area contributed by atoms with E-state index in [-0.39, 0.29) is 28.9 Å². The minimum atomic E-state index is -5.16. The lowest BCUT2D eigenvalue weighted by Crippen LogP contribution is -2.44. The number of hydrogen-bond acceptors (Lipinski definition) is 7. The number of phenols is 1. The molecule has 1 fully saturated rings. The molecule has 0 saturated carbocycles. The van der Waals surface area contributed by atoms with Crippen LogP contribution in [0.25, 0.3) is 22.3 Å². The zero-order chi connectivity index (χ0) is 27.2. The molecule has 0 aliphatic carbocycles. The van der Waals surface area contributed by atoms with Crippen molar-refractivity contribution in [2.45, 2.75) is 18.7 Å². The van der Waals surface area contributed by atoms with Crippen molar-refractivity contribution in [2.24, 2.45) is 7.05 Å². The molecule has 5 rings (SSSR count). The van der Waals surface area contributed by atoms with Crippen LogP contribution in [0.3, 0.4) is 0 Å². The first kappa shape index (κ1) is 25.3. The first-order valence-electron chi connectivity index (χ1n) is 11.4. The molecule has 1 atom stereocenters. The molecule has 13 heteroatoms. The van der Waals surface area contributed by atoms with Gasteiger partial charge in [-0.15, -0.1) is 0 Å². The lowest BCUT2D eigenvalue weighted by molar-refractivity contribution is -0.140. The zero-order valence-electron chi connectivity index (χ0n) is 19.8. The van der Waals surface area contributed by atoms with Gasteiger partial charge in [0.1, 0.15) is 5.69 Å². The maximum absolute atomic E-state index is 14.7. The highest BCUT2D eigenvalue weighted by molar-refractivity contribution is 5.91. The molecular formula is C25H19F5N6O2. The smallest absolute Gasteiger partial charge is 0.419 e. The zero-order valence-corrected chi connectivity index (χ0v) is 19.8. The van der Waals surface area contributed by atoms with E-state index < -0.39 is 34.7 Å². The molecule has 2 aromatic heterocycles. The van der Waals surface area contributed by atoms with Gasteiger partial charge in [0.05, 0.1) is 35.3 Å². The molecule has 0 amide bonds. The Balaban J connectivity index is 1.45. The molecule has 1 aliphatic heterocycles. The number of aromatic nitrogens is 4. The molecule has 0 unspecified atom stereocenters. The number of aryl methyl sites for hydroxylation is 1. The van der Waals surface area contributed by atoms with Crippen molar-refractivity contribution >= 4 is 17.0 Å². The summed E-state index contributed by atoms with van der Waals surface area (Å²) >= 11 is 0. The first-order chi connectivity index (χ1) is 18.1. The SMILES string of the molecule is Cn1nc(-c2cc(C(F)(F)F)c(F)c(O)c2F)c2cnc(N3CCO[C@@H](Cc4ccc(C#N)cc4)C3)nc21. The van der Waals surface area contributed by atoms with Gasteiger partial charge in [-0.3, -0.25) is 0 Å². The van der Waals surface area contributed by atoms with Crippen LogP contribution in [-0.2, 0) is 24.4 Å². The summed E-state index contributed by atoms with van der Waals surface area (Å²) in [7, 11) is 1.47. The number of hydrogen-bond donors (Lipinski definition) is 1. The number of anilines is 1. The maximum Gasteiger partial charge on any atom is 0.419 e. The van der Waals surface area contributed by atoms with Gasteiger partial charge in [-0.05, 0) is 23.8 Å². The summed E-state index contributed by atoms with van der Waals surface area (Å²) in [4.78, 5) is 10.7. The second kappa shape index (κ2) is 9.53. The number of halogens is 5. The van der Waals surface area contributed by atoms with Gasteiger partial charge in [0.15, 0.2) is 23.0 Å². The van der Waals surface area contributed by atoms with Crippen LogP contribution < -0.4 is 4.90 Å². The predicted octanol–water partition coefficient (Wildman–Crippen LogP) is 4.35. The molecular weight excluding hydrogens is 511 g/mol. The van der Waals surface area contributed by atoms with Crippen molar-refractivity contribution < 1.29 is 31.8 Å². The maximum atomic E-state index is 14.7. The van der Waals surface area contributed by atoms with Crippen LogP contribution in [0.1, 0.15) is 16.7 Å². The number of aromatic hydroxyl groups is 1. The van der Waals surface area contributed by atoms with Crippen molar-refractivity contribution in [2.75, 3.05) is 24.6 Å². The normalized spacial score (nSPS) is 16.1. The molecule has 2 aromatic carbocycles. The van der Waals surface area contributed by atoms with E-state index in [4.69, 9.17) is 10.00 Å². The molecule has 1 aliphatic rings. The minimum absolute atomic E-state index is 0.122. The van der Waals surface area contributed by atoms with Crippen molar-refractivity contribution in [1.29, 1.82) is 5.26 Å². The molecule has 0 bridgehead atoms. The van der Waals surface area contributed by atoms with Gasteiger partial charge < -0.3 is 14.7 Å². The number of alkyl halides is 3. The first-order valence-corrected chi connectivity index (χ1v) is 11.4. The molecule has 3 heterocycles. The van der Waals surface area contributed by atoms with Gasteiger partial charge in [-0.2, -0.15) is 28.5 Å². The van der Waals surface area contributed by atoms with Crippen LogP contribution in [0.5, 0.6) is 5.75 Å². The molecule has 0 spiro atoms. The fourth-order valence-corrected chi connectivity index (χ4v) is 4.38. The Morgan fingerprint density at radius 3 is 2.61 bits per heavy atom. The van der Waals surface area contributed by atoms with Crippen molar-refractivity contribution in [3.05, 3.63) is 64.9 Å². The van der Waals surface area contributed by atoms with Crippen LogP contribution in [0.2, 0.25) is 0 Å². The topological polar surface area (TPSA) is 100 Å². The van der Waals surface area contributed by atoms with Gasteiger partial charge in [-0.1, -0.05) is 12.1 Å². The number of rotatable bonds is 4. The molecule has 1 N–H and O–H groups in total. The average molecular weight is 530 g/mol. The number of ether oxygens (including phenoxy) is 1. The van der Waals surface area contributed by atoms with E-state index in [0.717, 1.165) is 5.56 Å². The van der Waals surface area contributed by atoms with Gasteiger partial charge in [-0.25, -0.2) is 18.4 Å². The van der Waals surface area contributed by atoms with Crippen molar-refractivity contribution in [3.63, 3.8) is 0 Å². The third-order valence-electron chi connectivity index (χ3n) is 6.27. The van der Waals surface area contributed by atoms with E-state index in [2.05, 4.69) is 21.1 Å². The fourth-order valence-electron chi connectivity index (χ4n) is 4.38. The predicted molar refractivity (Wildman–Crippen MR) is 125 cm³/mol. The monoisotopic (exact) mass is 530 g/mol. The van der Waals surface area contributed by atoms with Gasteiger partial charge in [0, 0.05) is 38.3 Å². The summed E-state index contributed by atoms with van der Waals surface area (Å²) in [6.07, 6.45) is -3.45. The number of phenolic OH excluding ortho intramolecular Hbond substituents is 1. The van der Waals surface area contributed by atoms with Gasteiger partial charge in [0.2, 0.25) is 5.95 Å². The highest BCUT2D eigenvalue weighted by Gasteiger charge is 2.38. The van der Waals surface area contributed by atoms with E-state index >= 15 is 0 Å². The second-order valence-corrected chi connectivity index (χ2v) is 8.78. The molecule has 0 radical (unpaired) electrons. The Kier molecular flexibility index (Phi) is 6.36. The molecule has 38 heavy (non-hydrogen) atoms. The number of fused-ring (bicyclic) bond motifs is 1. The molecule has 196 valence electrons. The Morgan fingerprint density at radius 1 is 1.18 bits per heavy atom. The third kappa shape index (κ3) is 4.58. The van der Waals surface area contributed by atoms with Crippen LogP contribution in [0.4, 0.5) is 27.9 Å². The minimum Gasteiger partial charge on any atom is -0.503 e. The summed E-state index contributed by atoms with van der Waals surface area (Å²) in [6.45, 7) is 1.33. The van der Waals surface area contributed by atoms with Gasteiger partial charge >= 0.3 is 6.18 Å². The second-order valence-electron chi connectivity index (χ2n) is 8.78. The fraction of sp³-hybridized carbons (Fsp3) is 0.280. The summed E-state index contributed by atoms with van der Waals surface area (Å²) in [5.74, 6) is -5.09. The highest BCUT2D eigenvalue weighted by Crippen LogP contribution is 2.41. The number of morpholine rings is 1. The average Bonchev–Trinajstić information content (AvgIpc) is 3.22. The van der Waals surface area contributed by atoms with Crippen LogP contribution in [0.15, 0.2) is 36.5 Å². The van der Waals surface area contributed by atoms with E-state index in [1.165, 1.54) is 17.9 Å². The Morgan fingerprint density at radius 2 is 1.92 bits per heavy atom. The standard InChI is InChI=1S/C25H19F5N6O2/c1-35-23-17(21(34-35)16-9-18(25(28,29)30)20(27)22(37)19(16)26)11-32-24(33-23)36-6-7-38-15(12-36)8-13-2-4-14(10-31)5-3-13/h2-5,9,11,15,37H,6-8,12H2,1H3/t15-/m0/s1. The number of nitriles is 1. The van der Waals surface area contributed by atoms with E-state index in [0.29, 0.717) is 37.6 Å². The highest BCUT2D eigenvalue weighted by atomic mass is 19.4. The number of benzene rings is 2. The van der Waals surface area contributed by atoms with Gasteiger partial charge in [0.25, 0.3) is 0 Å². The van der Waals surface area contributed by atoms with Crippen molar-refractivity contribution in [1.82, 2.24) is 19.7 Å². The largest absolute Gasteiger partial charge is 0.503 e. The lowest BCUT2D eigenvalue weighted by atomic mass is 10.0. The number of nitrogens with zero attached hydrogens (tertiary/aromatic N) is 6. The van der Waals surface area contributed by atoms with Crippen LogP contribution in [0, 0.1) is 23.0 Å². The quantitative estimate of drug-likeness (QED) is 0.392. The van der Waals surface area contributed by atoms with E-state index in [9.17, 15) is 27.1 Å². The van der Waals surface area contributed by atoms with E-state index in [1.54, 1.807) is 12.1 Å². The Labute approximate surface area is 212 Å². The Bertz CT molecular complexity index is 1560. The summed E-state index contributed by atoms with van der Waals surface area (Å²) in [5, 5.41) is 22.9. The molecule has 1 saturated heterocycles. The third-order valence-corrected chi connectivity index (χ3v) is 6.27. The lowest BCUT2D eigenvalue weighted by Gasteiger charge is -2.33. The molecule has 8 nitrogen and oxygen atoms in total. The van der Waals surface area contributed by atoms with Crippen LogP contribution in [-0.4, -0.2) is 50.7 Å². The van der Waals surface area contributed by atoms with Crippen LogP contribution >= 0.6 is 0 Å². The summed E-state index contributed by atoms with van der Waals surface area (Å²) in [5.41, 5.74) is -1.06. The Hall–Kier alpha value is -4.31. The summed E-state index contributed by atoms with van der Waals surface area (Å²) < 4.78 is 75.6. The summed E-state index contributed by atoms with van der Waals surface area (Å²) in [6, 6.07) is 9.52. The van der Waals surface area contributed by atoms with Crippen molar-refractivity contribution in [3.8, 4) is 23.1 Å². The molecule has 4 aromatic rings.